The van der Waals surface area contributed by atoms with Crippen LogP contribution in [0.25, 0.3) is 0 Å². The highest BCUT2D eigenvalue weighted by Gasteiger charge is 2.30. The van der Waals surface area contributed by atoms with E-state index in [4.69, 9.17) is 26.8 Å². The minimum absolute atomic E-state index is 0.188. The summed E-state index contributed by atoms with van der Waals surface area (Å²) < 4.78 is 0. The molecule has 10 N–H and O–H groups in total. The molecule has 0 spiro atoms. The zero-order chi connectivity index (χ0) is 23.4. The summed E-state index contributed by atoms with van der Waals surface area (Å²) in [4.78, 5) is 69.2. The van der Waals surface area contributed by atoms with Gasteiger partial charge >= 0.3 is 11.9 Å². The molecule has 0 aliphatic carbocycles. The van der Waals surface area contributed by atoms with E-state index in [1.165, 1.54) is 0 Å². The van der Waals surface area contributed by atoms with Gasteiger partial charge in [-0.25, -0.2) is 4.79 Å². The second-order valence-electron chi connectivity index (χ2n) is 6.10. The molecule has 0 saturated carbocycles. The Kier molecular flexibility index (Phi) is 12.0. The zero-order valence-electron chi connectivity index (χ0n) is 15.7. The Morgan fingerprint density at radius 3 is 1.80 bits per heavy atom. The van der Waals surface area contributed by atoms with Gasteiger partial charge in [0, 0.05) is 12.2 Å². The molecule has 30 heavy (non-hydrogen) atoms. The van der Waals surface area contributed by atoms with Crippen molar-refractivity contribution in [3.05, 3.63) is 0 Å². The van der Waals surface area contributed by atoms with E-state index in [0.717, 1.165) is 0 Å². The molecule has 0 aromatic carbocycles. The number of carboxylic acids is 2. The molecule has 0 saturated heterocycles. The van der Waals surface area contributed by atoms with Gasteiger partial charge in [-0.2, -0.15) is 12.6 Å². The van der Waals surface area contributed by atoms with Gasteiger partial charge in [0.05, 0.1) is 19.1 Å². The molecule has 14 nitrogen and oxygen atoms in total. The number of aliphatic carboxylic acids is 2. The van der Waals surface area contributed by atoms with Crippen molar-refractivity contribution in [3.8, 4) is 0 Å². The Hall–Kier alpha value is -2.91. The lowest BCUT2D eigenvalue weighted by molar-refractivity contribution is -0.143. The Morgan fingerprint density at radius 2 is 1.37 bits per heavy atom. The van der Waals surface area contributed by atoms with E-state index < -0.39 is 72.8 Å². The smallest absolute Gasteiger partial charge is 0.328 e. The van der Waals surface area contributed by atoms with E-state index in [1.54, 1.807) is 0 Å². The summed E-state index contributed by atoms with van der Waals surface area (Å²) in [6.45, 7) is -0.943. The van der Waals surface area contributed by atoms with Crippen LogP contribution in [-0.2, 0) is 28.8 Å². The van der Waals surface area contributed by atoms with Crippen LogP contribution in [0.2, 0.25) is 0 Å². The molecule has 4 amide bonds. The third-order valence-electron chi connectivity index (χ3n) is 3.66. The summed E-state index contributed by atoms with van der Waals surface area (Å²) in [6.07, 6.45) is -1.25. The first-order valence-corrected chi connectivity index (χ1v) is 9.17. The average molecular weight is 451 g/mol. The summed E-state index contributed by atoms with van der Waals surface area (Å²) in [5, 5.41) is 32.7. The molecule has 0 bridgehead atoms. The van der Waals surface area contributed by atoms with Gasteiger partial charge in [-0.15, -0.1) is 0 Å². The van der Waals surface area contributed by atoms with Crippen molar-refractivity contribution < 1.29 is 44.1 Å². The first-order chi connectivity index (χ1) is 13.9. The lowest BCUT2D eigenvalue weighted by atomic mass is 10.1. The number of carbonyl (C=O) groups excluding carboxylic acids is 4. The highest BCUT2D eigenvalue weighted by atomic mass is 32.1. The number of aliphatic hydroxyl groups excluding tert-OH is 1. The van der Waals surface area contributed by atoms with E-state index in [0.29, 0.717) is 0 Å². The van der Waals surface area contributed by atoms with Gasteiger partial charge < -0.3 is 42.7 Å². The Bertz CT molecular complexity index is 675. The first-order valence-electron chi connectivity index (χ1n) is 8.54. The standard InChI is InChI=1S/C15H25N5O9S/c16-6(1-2-11(23)24)12(25)20-9(5-30)14(27)18-7(3-10(17)22)13(26)19-8(4-21)15(28)29/h6-9,21,30H,1-5,16H2,(H2,17,22)(H,18,27)(H,19,26)(H,20,25)(H,23,24)(H,28,29). The third kappa shape index (κ3) is 10.0. The van der Waals surface area contributed by atoms with Gasteiger partial charge in [0.25, 0.3) is 0 Å². The van der Waals surface area contributed by atoms with Gasteiger partial charge in [-0.05, 0) is 6.42 Å². The number of thiol groups is 1. The second kappa shape index (κ2) is 13.3. The maximum absolute atomic E-state index is 12.4. The van der Waals surface area contributed by atoms with Crippen molar-refractivity contribution in [3.63, 3.8) is 0 Å². The number of hydrogen-bond donors (Lipinski definition) is 9. The predicted octanol–water partition coefficient (Wildman–Crippen LogP) is -4.48. The predicted molar refractivity (Wildman–Crippen MR) is 103 cm³/mol. The number of amides is 4. The number of nitrogens with one attached hydrogen (secondary N) is 3. The molecule has 0 aromatic rings. The molecule has 0 radical (unpaired) electrons. The lowest BCUT2D eigenvalue weighted by Gasteiger charge is -2.23. The summed E-state index contributed by atoms with van der Waals surface area (Å²) in [7, 11) is 0. The largest absolute Gasteiger partial charge is 0.481 e. The maximum Gasteiger partial charge on any atom is 0.328 e. The molecular formula is C15H25N5O9S. The minimum atomic E-state index is -1.68. The molecule has 0 aromatic heterocycles. The fourth-order valence-corrected chi connectivity index (χ4v) is 2.28. The number of rotatable bonds is 14. The van der Waals surface area contributed by atoms with Crippen molar-refractivity contribution >= 4 is 48.2 Å². The van der Waals surface area contributed by atoms with E-state index in [-0.39, 0.29) is 18.6 Å². The Morgan fingerprint density at radius 1 is 0.867 bits per heavy atom. The Labute approximate surface area is 176 Å². The summed E-state index contributed by atoms with van der Waals surface area (Å²) >= 11 is 3.91. The second-order valence-corrected chi connectivity index (χ2v) is 6.46. The average Bonchev–Trinajstić information content (AvgIpc) is 2.66. The summed E-state index contributed by atoms with van der Waals surface area (Å²) in [6, 6.07) is -5.81. The fourth-order valence-electron chi connectivity index (χ4n) is 2.02. The van der Waals surface area contributed by atoms with Gasteiger partial charge in [-0.1, -0.05) is 0 Å². The fraction of sp³-hybridized carbons (Fsp3) is 0.600. The molecule has 0 aliphatic rings. The van der Waals surface area contributed by atoms with Crippen LogP contribution >= 0.6 is 12.6 Å². The SMILES string of the molecule is NC(=O)CC(NC(=O)C(CS)NC(=O)C(N)CCC(=O)O)C(=O)NC(CO)C(=O)O. The first kappa shape index (κ1) is 27.1. The van der Waals surface area contributed by atoms with E-state index in [9.17, 15) is 28.8 Å². The van der Waals surface area contributed by atoms with Crippen molar-refractivity contribution in [2.75, 3.05) is 12.4 Å². The highest BCUT2D eigenvalue weighted by Crippen LogP contribution is 2.00. The number of hydrogen-bond acceptors (Lipinski definition) is 9. The Balaban J connectivity index is 5.14. The van der Waals surface area contributed by atoms with Crippen molar-refractivity contribution in [2.24, 2.45) is 11.5 Å². The van der Waals surface area contributed by atoms with Crippen LogP contribution in [0.5, 0.6) is 0 Å². The van der Waals surface area contributed by atoms with Gasteiger partial charge in [-0.3, -0.25) is 24.0 Å². The number of primary amides is 1. The number of carboxylic acid groups (broad SMARTS) is 2. The maximum atomic E-state index is 12.4. The molecular weight excluding hydrogens is 426 g/mol. The van der Waals surface area contributed by atoms with E-state index in [1.807, 2.05) is 5.32 Å². The quantitative estimate of drug-likeness (QED) is 0.114. The van der Waals surface area contributed by atoms with Crippen LogP contribution < -0.4 is 27.4 Å². The van der Waals surface area contributed by atoms with Crippen LogP contribution in [0, 0.1) is 0 Å². The number of nitrogens with two attached hydrogens (primary N) is 2. The lowest BCUT2D eigenvalue weighted by Crippen LogP contribution is -2.58. The number of aliphatic hydroxyl groups is 1. The molecule has 0 heterocycles. The normalized spacial score (nSPS) is 14.5. The molecule has 0 aliphatic heterocycles. The van der Waals surface area contributed by atoms with Crippen LogP contribution in [0.15, 0.2) is 0 Å². The molecule has 0 fully saturated rings. The molecule has 4 atom stereocenters. The third-order valence-corrected chi connectivity index (χ3v) is 4.02. The van der Waals surface area contributed by atoms with Crippen LogP contribution in [-0.4, -0.2) is 87.4 Å². The summed E-state index contributed by atoms with van der Waals surface area (Å²) in [5.74, 6) is -6.86. The van der Waals surface area contributed by atoms with Crippen molar-refractivity contribution in [1.29, 1.82) is 0 Å². The molecule has 15 heteroatoms. The van der Waals surface area contributed by atoms with Crippen LogP contribution in [0.3, 0.4) is 0 Å². The van der Waals surface area contributed by atoms with Crippen LogP contribution in [0.4, 0.5) is 0 Å². The van der Waals surface area contributed by atoms with E-state index >= 15 is 0 Å². The monoisotopic (exact) mass is 451 g/mol. The molecule has 0 rings (SSSR count). The van der Waals surface area contributed by atoms with Crippen molar-refractivity contribution in [2.45, 2.75) is 43.4 Å². The zero-order valence-corrected chi connectivity index (χ0v) is 16.6. The van der Waals surface area contributed by atoms with Gasteiger partial charge in [0.1, 0.15) is 18.1 Å². The summed E-state index contributed by atoms with van der Waals surface area (Å²) in [5.41, 5.74) is 10.6. The topological polar surface area (TPSA) is 251 Å². The molecule has 170 valence electrons. The van der Waals surface area contributed by atoms with Gasteiger partial charge in [0.2, 0.25) is 23.6 Å². The number of carbonyl (C=O) groups is 6. The van der Waals surface area contributed by atoms with Crippen LogP contribution in [0.1, 0.15) is 19.3 Å². The van der Waals surface area contributed by atoms with Crippen molar-refractivity contribution in [1.82, 2.24) is 16.0 Å². The van der Waals surface area contributed by atoms with E-state index in [2.05, 4.69) is 23.3 Å². The minimum Gasteiger partial charge on any atom is -0.481 e. The highest BCUT2D eigenvalue weighted by molar-refractivity contribution is 7.80. The molecule has 4 unspecified atom stereocenters. The van der Waals surface area contributed by atoms with Gasteiger partial charge in [0.15, 0.2) is 0 Å².